The molecule has 0 aliphatic carbocycles. The number of urea groups is 1. The second kappa shape index (κ2) is 6.85. The Morgan fingerprint density at radius 1 is 1.33 bits per heavy atom. The highest BCUT2D eigenvalue weighted by atomic mass is 19.1. The van der Waals surface area contributed by atoms with Crippen molar-refractivity contribution in [2.24, 2.45) is 0 Å². The van der Waals surface area contributed by atoms with E-state index in [1.54, 1.807) is 0 Å². The molecule has 2 rings (SSSR count). The largest absolute Gasteiger partial charge is 0.334 e. The fraction of sp³-hybridized carbons (Fsp3) is 0.533. The fourth-order valence-electron chi connectivity index (χ4n) is 2.51. The van der Waals surface area contributed by atoms with Crippen LogP contribution in [0, 0.1) is 11.6 Å². The van der Waals surface area contributed by atoms with Crippen LogP contribution < -0.4 is 10.6 Å². The molecule has 0 bridgehead atoms. The van der Waals surface area contributed by atoms with E-state index in [4.69, 9.17) is 0 Å². The minimum Gasteiger partial charge on any atom is -0.334 e. The van der Waals surface area contributed by atoms with Crippen molar-refractivity contribution in [1.82, 2.24) is 15.5 Å². The first-order valence-electron chi connectivity index (χ1n) is 7.17. The summed E-state index contributed by atoms with van der Waals surface area (Å²) in [7, 11) is 0. The van der Waals surface area contributed by atoms with Crippen molar-refractivity contribution in [3.05, 3.63) is 35.4 Å². The van der Waals surface area contributed by atoms with E-state index in [0.29, 0.717) is 11.6 Å². The van der Waals surface area contributed by atoms with E-state index in [-0.39, 0.29) is 18.6 Å². The van der Waals surface area contributed by atoms with Crippen LogP contribution in [0.1, 0.15) is 25.8 Å². The first-order chi connectivity index (χ1) is 9.94. The summed E-state index contributed by atoms with van der Waals surface area (Å²) in [5, 5.41) is 5.51. The summed E-state index contributed by atoms with van der Waals surface area (Å²) in [6, 6.07) is 3.50. The van der Waals surface area contributed by atoms with Crippen LogP contribution in [-0.2, 0) is 6.54 Å². The lowest BCUT2D eigenvalue weighted by atomic mass is 10.2. The van der Waals surface area contributed by atoms with E-state index in [2.05, 4.69) is 29.4 Å². The molecule has 0 aromatic heterocycles. The molecule has 1 atom stereocenters. The van der Waals surface area contributed by atoms with Gasteiger partial charge in [0.25, 0.3) is 0 Å². The highest BCUT2D eigenvalue weighted by Gasteiger charge is 2.25. The normalized spacial score (nSPS) is 19.0. The van der Waals surface area contributed by atoms with Gasteiger partial charge in [-0.1, -0.05) is 0 Å². The zero-order valence-corrected chi connectivity index (χ0v) is 12.3. The van der Waals surface area contributed by atoms with Crippen molar-refractivity contribution >= 4 is 6.03 Å². The summed E-state index contributed by atoms with van der Waals surface area (Å²) in [6.45, 7) is 6.15. The average molecular weight is 297 g/mol. The Bertz CT molecular complexity index is 487. The quantitative estimate of drug-likeness (QED) is 0.895. The van der Waals surface area contributed by atoms with Crippen molar-refractivity contribution in [1.29, 1.82) is 0 Å². The molecule has 1 unspecified atom stereocenters. The standard InChI is InChI=1S/C15H21F2N3O/c1-10(2)20-4-3-14(9-20)19-15(21)18-8-11-5-12(16)7-13(17)6-11/h5-7,10,14H,3-4,8-9H2,1-2H3,(H2,18,19,21). The van der Waals surface area contributed by atoms with Gasteiger partial charge >= 0.3 is 6.03 Å². The molecule has 0 spiro atoms. The van der Waals surface area contributed by atoms with E-state index in [1.165, 1.54) is 12.1 Å². The van der Waals surface area contributed by atoms with Gasteiger partial charge in [0.05, 0.1) is 0 Å². The maximum atomic E-state index is 13.0. The van der Waals surface area contributed by atoms with Gasteiger partial charge in [-0.3, -0.25) is 4.90 Å². The fourth-order valence-corrected chi connectivity index (χ4v) is 2.51. The number of halogens is 2. The predicted molar refractivity (Wildman–Crippen MR) is 76.8 cm³/mol. The molecule has 116 valence electrons. The van der Waals surface area contributed by atoms with Gasteiger partial charge in [0.1, 0.15) is 11.6 Å². The highest BCUT2D eigenvalue weighted by Crippen LogP contribution is 2.12. The molecule has 1 aromatic rings. The van der Waals surface area contributed by atoms with E-state index in [9.17, 15) is 13.6 Å². The Morgan fingerprint density at radius 3 is 2.57 bits per heavy atom. The van der Waals surface area contributed by atoms with Gasteiger partial charge in [-0.2, -0.15) is 0 Å². The molecule has 1 saturated heterocycles. The van der Waals surface area contributed by atoms with Gasteiger partial charge in [-0.25, -0.2) is 13.6 Å². The van der Waals surface area contributed by atoms with E-state index < -0.39 is 11.6 Å². The van der Waals surface area contributed by atoms with E-state index in [0.717, 1.165) is 25.6 Å². The molecule has 0 saturated carbocycles. The number of nitrogens with one attached hydrogen (secondary N) is 2. The zero-order valence-electron chi connectivity index (χ0n) is 12.3. The molecule has 2 amide bonds. The summed E-state index contributed by atoms with van der Waals surface area (Å²) >= 11 is 0. The SMILES string of the molecule is CC(C)N1CCC(NC(=O)NCc2cc(F)cc(F)c2)C1. The van der Waals surface area contributed by atoms with Gasteiger partial charge < -0.3 is 10.6 Å². The number of hydrogen-bond acceptors (Lipinski definition) is 2. The number of nitrogens with zero attached hydrogens (tertiary/aromatic N) is 1. The third-order valence-corrected chi connectivity index (χ3v) is 3.66. The van der Waals surface area contributed by atoms with Crippen molar-refractivity contribution in [2.45, 2.75) is 38.9 Å². The van der Waals surface area contributed by atoms with Crippen LogP contribution in [0.25, 0.3) is 0 Å². The van der Waals surface area contributed by atoms with Crippen LogP contribution in [0.3, 0.4) is 0 Å². The summed E-state index contributed by atoms with van der Waals surface area (Å²) in [5.41, 5.74) is 0.401. The van der Waals surface area contributed by atoms with Crippen molar-refractivity contribution in [3.63, 3.8) is 0 Å². The average Bonchev–Trinajstić information content (AvgIpc) is 2.84. The Hall–Kier alpha value is -1.69. The second-order valence-corrected chi connectivity index (χ2v) is 5.68. The van der Waals surface area contributed by atoms with Crippen LogP contribution >= 0.6 is 0 Å². The van der Waals surface area contributed by atoms with E-state index in [1.807, 2.05) is 0 Å². The van der Waals surface area contributed by atoms with Crippen LogP contribution in [-0.4, -0.2) is 36.1 Å². The molecule has 1 aliphatic heterocycles. The minimum absolute atomic E-state index is 0.0983. The third-order valence-electron chi connectivity index (χ3n) is 3.66. The first kappa shape index (κ1) is 15.7. The summed E-state index contributed by atoms with van der Waals surface area (Å²) in [4.78, 5) is 14.1. The van der Waals surface area contributed by atoms with Gasteiger partial charge in [0.15, 0.2) is 0 Å². The molecule has 6 heteroatoms. The topological polar surface area (TPSA) is 44.4 Å². The summed E-state index contributed by atoms with van der Waals surface area (Å²) in [6.07, 6.45) is 0.917. The van der Waals surface area contributed by atoms with Crippen LogP contribution in [0.4, 0.5) is 13.6 Å². The van der Waals surface area contributed by atoms with E-state index >= 15 is 0 Å². The molecule has 4 nitrogen and oxygen atoms in total. The van der Waals surface area contributed by atoms with Crippen molar-refractivity contribution in [2.75, 3.05) is 13.1 Å². The highest BCUT2D eigenvalue weighted by molar-refractivity contribution is 5.74. The van der Waals surface area contributed by atoms with Gasteiger partial charge in [0, 0.05) is 37.8 Å². The van der Waals surface area contributed by atoms with Crippen molar-refractivity contribution in [3.8, 4) is 0 Å². The smallest absolute Gasteiger partial charge is 0.315 e. The molecular formula is C15H21F2N3O. The zero-order chi connectivity index (χ0) is 15.4. The second-order valence-electron chi connectivity index (χ2n) is 5.68. The Balaban J connectivity index is 1.77. The molecular weight excluding hydrogens is 276 g/mol. The Kier molecular flexibility index (Phi) is 5.12. The van der Waals surface area contributed by atoms with Gasteiger partial charge in [0.2, 0.25) is 0 Å². The lowest BCUT2D eigenvalue weighted by Crippen LogP contribution is -2.43. The predicted octanol–water partition coefficient (Wildman–Crippen LogP) is 2.25. The number of carbonyl (C=O) groups excluding carboxylic acids is 1. The maximum absolute atomic E-state index is 13.0. The number of rotatable bonds is 4. The summed E-state index contributed by atoms with van der Waals surface area (Å²) < 4.78 is 26.0. The maximum Gasteiger partial charge on any atom is 0.315 e. The van der Waals surface area contributed by atoms with Crippen molar-refractivity contribution < 1.29 is 13.6 Å². The summed E-state index contributed by atoms with van der Waals surface area (Å²) in [5.74, 6) is -1.29. The number of carbonyl (C=O) groups is 1. The molecule has 1 heterocycles. The van der Waals surface area contributed by atoms with Crippen LogP contribution in [0.15, 0.2) is 18.2 Å². The third kappa shape index (κ3) is 4.67. The number of amides is 2. The molecule has 0 radical (unpaired) electrons. The Morgan fingerprint density at radius 2 is 2.00 bits per heavy atom. The molecule has 21 heavy (non-hydrogen) atoms. The molecule has 1 aliphatic rings. The lowest BCUT2D eigenvalue weighted by molar-refractivity contribution is 0.233. The van der Waals surface area contributed by atoms with Gasteiger partial charge in [-0.15, -0.1) is 0 Å². The lowest BCUT2D eigenvalue weighted by Gasteiger charge is -2.20. The van der Waals surface area contributed by atoms with Crippen LogP contribution in [0.5, 0.6) is 0 Å². The Labute approximate surface area is 123 Å². The number of likely N-dealkylation sites (tertiary alicyclic amines) is 1. The minimum atomic E-state index is -0.643. The van der Waals surface area contributed by atoms with Crippen LogP contribution in [0.2, 0.25) is 0 Å². The first-order valence-corrected chi connectivity index (χ1v) is 7.17. The molecule has 2 N–H and O–H groups in total. The molecule has 1 fully saturated rings. The monoisotopic (exact) mass is 297 g/mol. The van der Waals surface area contributed by atoms with Gasteiger partial charge in [-0.05, 0) is 38.0 Å². The molecule has 1 aromatic carbocycles. The number of benzene rings is 1. The number of hydrogen-bond donors (Lipinski definition) is 2.